The number of hydrogen-bond donors (Lipinski definition) is 1. The summed E-state index contributed by atoms with van der Waals surface area (Å²) in [6.07, 6.45) is 0. The van der Waals surface area contributed by atoms with Crippen LogP contribution in [0.2, 0.25) is 0 Å². The highest BCUT2D eigenvalue weighted by Crippen LogP contribution is 2.26. The van der Waals surface area contributed by atoms with E-state index in [0.717, 1.165) is 35.7 Å². The van der Waals surface area contributed by atoms with Crippen LogP contribution in [-0.4, -0.2) is 35.6 Å². The summed E-state index contributed by atoms with van der Waals surface area (Å²) in [6, 6.07) is 8.90. The maximum atomic E-state index is 4.78. The number of halogens is 1. The first-order chi connectivity index (χ1) is 9.70. The van der Waals surface area contributed by atoms with Crippen molar-refractivity contribution < 1.29 is 0 Å². The van der Waals surface area contributed by atoms with Crippen LogP contribution in [0.3, 0.4) is 0 Å². The largest absolute Gasteiger partial charge is 0.312 e. The maximum Gasteiger partial charge on any atom is 0.123 e. The zero-order valence-electron chi connectivity index (χ0n) is 11.5. The van der Waals surface area contributed by atoms with Crippen molar-refractivity contribution in [1.82, 2.24) is 15.2 Å². The minimum absolute atomic E-state index is 0.576. The number of rotatable bonds is 3. The summed E-state index contributed by atoms with van der Waals surface area (Å²) >= 11 is 5.24. The molecule has 2 heterocycles. The van der Waals surface area contributed by atoms with Gasteiger partial charge in [-0.1, -0.05) is 28.1 Å². The Morgan fingerprint density at radius 3 is 3.20 bits per heavy atom. The highest BCUT2D eigenvalue weighted by atomic mass is 79.9. The summed E-state index contributed by atoms with van der Waals surface area (Å²) in [5.74, 6) is 0. The molecule has 3 nitrogen and oxygen atoms in total. The van der Waals surface area contributed by atoms with Gasteiger partial charge in [0.2, 0.25) is 0 Å². The molecule has 1 fully saturated rings. The normalized spacial score (nSPS) is 20.2. The van der Waals surface area contributed by atoms with E-state index in [1.807, 2.05) is 6.07 Å². The van der Waals surface area contributed by atoms with Gasteiger partial charge in [0.25, 0.3) is 0 Å². The number of nitrogens with zero attached hydrogens (tertiary/aromatic N) is 2. The van der Waals surface area contributed by atoms with Gasteiger partial charge in [-0.05, 0) is 19.1 Å². The fraction of sp³-hybridized carbons (Fsp3) is 0.400. The standard InChI is InChI=1S/C15H18BrN3S/c1-11-8-19(6-5-17-11)9-14-10-20-15(18-14)12-3-2-4-13(16)7-12/h2-4,7,10-11,17H,5-6,8-9H2,1H3/t11-/m0/s1. The summed E-state index contributed by atoms with van der Waals surface area (Å²) in [6.45, 7) is 6.47. The summed E-state index contributed by atoms with van der Waals surface area (Å²) in [4.78, 5) is 7.25. The third-order valence-corrected chi connectivity index (χ3v) is 4.90. The molecule has 3 rings (SSSR count). The number of piperazine rings is 1. The topological polar surface area (TPSA) is 28.2 Å². The lowest BCUT2D eigenvalue weighted by molar-refractivity contribution is 0.198. The molecule has 1 saturated heterocycles. The van der Waals surface area contributed by atoms with Crippen LogP contribution in [0.4, 0.5) is 0 Å². The molecule has 1 N–H and O–H groups in total. The van der Waals surface area contributed by atoms with E-state index < -0.39 is 0 Å². The van der Waals surface area contributed by atoms with E-state index in [0.29, 0.717) is 6.04 Å². The maximum absolute atomic E-state index is 4.78. The Kier molecular flexibility index (Phi) is 4.51. The first-order valence-corrected chi connectivity index (χ1v) is 8.54. The lowest BCUT2D eigenvalue weighted by Crippen LogP contribution is -2.48. The molecular formula is C15H18BrN3S. The van der Waals surface area contributed by atoms with Gasteiger partial charge in [0.15, 0.2) is 0 Å². The molecule has 0 bridgehead atoms. The molecule has 1 aliphatic rings. The van der Waals surface area contributed by atoms with Crippen LogP contribution in [0.25, 0.3) is 10.6 Å². The van der Waals surface area contributed by atoms with E-state index in [9.17, 15) is 0 Å². The monoisotopic (exact) mass is 351 g/mol. The Balaban J connectivity index is 1.70. The first-order valence-electron chi connectivity index (χ1n) is 6.87. The third-order valence-electron chi connectivity index (χ3n) is 3.46. The van der Waals surface area contributed by atoms with E-state index in [-0.39, 0.29) is 0 Å². The van der Waals surface area contributed by atoms with Gasteiger partial charge in [-0.2, -0.15) is 0 Å². The Morgan fingerprint density at radius 1 is 1.50 bits per heavy atom. The third kappa shape index (κ3) is 3.47. The molecule has 1 aromatic carbocycles. The zero-order chi connectivity index (χ0) is 13.9. The summed E-state index contributed by atoms with van der Waals surface area (Å²) in [5, 5.41) is 6.76. The molecule has 0 radical (unpaired) electrons. The molecule has 106 valence electrons. The van der Waals surface area contributed by atoms with Gasteiger partial charge < -0.3 is 5.32 Å². The minimum atomic E-state index is 0.576. The summed E-state index contributed by atoms with van der Waals surface area (Å²) in [5.41, 5.74) is 2.36. The average Bonchev–Trinajstić information content (AvgIpc) is 2.87. The van der Waals surface area contributed by atoms with Gasteiger partial charge in [-0.3, -0.25) is 4.90 Å². The molecule has 0 spiro atoms. The molecule has 20 heavy (non-hydrogen) atoms. The van der Waals surface area contributed by atoms with Gasteiger partial charge >= 0.3 is 0 Å². The molecular weight excluding hydrogens is 334 g/mol. The van der Waals surface area contributed by atoms with E-state index in [1.54, 1.807) is 11.3 Å². The van der Waals surface area contributed by atoms with E-state index in [4.69, 9.17) is 4.98 Å². The Bertz CT molecular complexity index is 584. The number of aromatic nitrogens is 1. The second-order valence-electron chi connectivity index (χ2n) is 5.24. The fourth-order valence-electron chi connectivity index (χ4n) is 2.52. The number of thiazole rings is 1. The van der Waals surface area contributed by atoms with Gasteiger partial charge in [0.05, 0.1) is 5.69 Å². The lowest BCUT2D eigenvalue weighted by Gasteiger charge is -2.31. The Hall–Kier alpha value is -0.750. The quantitative estimate of drug-likeness (QED) is 0.918. The predicted molar refractivity (Wildman–Crippen MR) is 88.0 cm³/mol. The van der Waals surface area contributed by atoms with Crippen molar-refractivity contribution in [2.45, 2.75) is 19.5 Å². The predicted octanol–water partition coefficient (Wildman–Crippen LogP) is 3.37. The number of hydrogen-bond acceptors (Lipinski definition) is 4. The van der Waals surface area contributed by atoms with Crippen molar-refractivity contribution in [3.63, 3.8) is 0 Å². The SMILES string of the molecule is C[C@H]1CN(Cc2csc(-c3cccc(Br)c3)n2)CCN1. The molecule has 1 aliphatic heterocycles. The Labute approximate surface area is 132 Å². The molecule has 1 aromatic heterocycles. The summed E-state index contributed by atoms with van der Waals surface area (Å²) in [7, 11) is 0. The summed E-state index contributed by atoms with van der Waals surface area (Å²) < 4.78 is 1.10. The molecule has 0 saturated carbocycles. The van der Waals surface area contributed by atoms with Crippen molar-refractivity contribution in [2.24, 2.45) is 0 Å². The van der Waals surface area contributed by atoms with Crippen molar-refractivity contribution in [3.8, 4) is 10.6 Å². The van der Waals surface area contributed by atoms with E-state index in [1.165, 1.54) is 11.3 Å². The second-order valence-corrected chi connectivity index (χ2v) is 7.02. The molecule has 5 heteroatoms. The highest BCUT2D eigenvalue weighted by Gasteiger charge is 2.16. The van der Waals surface area contributed by atoms with Crippen molar-refractivity contribution in [3.05, 3.63) is 39.8 Å². The van der Waals surface area contributed by atoms with Gasteiger partial charge in [-0.25, -0.2) is 4.98 Å². The zero-order valence-corrected chi connectivity index (χ0v) is 13.9. The van der Waals surface area contributed by atoms with Crippen molar-refractivity contribution in [1.29, 1.82) is 0 Å². The van der Waals surface area contributed by atoms with Crippen LogP contribution < -0.4 is 5.32 Å². The Morgan fingerprint density at radius 2 is 2.40 bits per heavy atom. The van der Waals surface area contributed by atoms with Crippen LogP contribution in [0, 0.1) is 0 Å². The van der Waals surface area contributed by atoms with Crippen LogP contribution in [0.1, 0.15) is 12.6 Å². The van der Waals surface area contributed by atoms with Gasteiger partial charge in [0, 0.05) is 47.6 Å². The van der Waals surface area contributed by atoms with Crippen LogP contribution in [0.15, 0.2) is 34.1 Å². The molecule has 0 aliphatic carbocycles. The van der Waals surface area contributed by atoms with Gasteiger partial charge in [0.1, 0.15) is 5.01 Å². The van der Waals surface area contributed by atoms with Gasteiger partial charge in [-0.15, -0.1) is 11.3 Å². The molecule has 2 aromatic rings. The van der Waals surface area contributed by atoms with E-state index in [2.05, 4.69) is 56.6 Å². The van der Waals surface area contributed by atoms with E-state index >= 15 is 0 Å². The smallest absolute Gasteiger partial charge is 0.123 e. The first kappa shape index (κ1) is 14.2. The van der Waals surface area contributed by atoms with Crippen LogP contribution in [0.5, 0.6) is 0 Å². The second kappa shape index (κ2) is 6.35. The lowest BCUT2D eigenvalue weighted by atomic mass is 10.2. The van der Waals surface area contributed by atoms with Crippen molar-refractivity contribution >= 4 is 27.3 Å². The van der Waals surface area contributed by atoms with Crippen molar-refractivity contribution in [2.75, 3.05) is 19.6 Å². The minimum Gasteiger partial charge on any atom is -0.312 e. The van der Waals surface area contributed by atoms with Crippen LogP contribution >= 0.6 is 27.3 Å². The molecule has 0 amide bonds. The number of benzene rings is 1. The van der Waals surface area contributed by atoms with Crippen LogP contribution in [-0.2, 0) is 6.54 Å². The fourth-order valence-corrected chi connectivity index (χ4v) is 3.73. The molecule has 0 unspecified atom stereocenters. The number of nitrogens with one attached hydrogen (secondary N) is 1. The molecule has 1 atom stereocenters. The average molecular weight is 352 g/mol. The highest BCUT2D eigenvalue weighted by molar-refractivity contribution is 9.10.